The lowest BCUT2D eigenvalue weighted by Crippen LogP contribution is -2.45. The van der Waals surface area contributed by atoms with Crippen LogP contribution in [-0.2, 0) is 14.3 Å². The maximum Gasteiger partial charge on any atom is 0.305 e. The van der Waals surface area contributed by atoms with Crippen LogP contribution in [0.2, 0.25) is 0 Å². The van der Waals surface area contributed by atoms with Crippen molar-refractivity contribution in [2.24, 2.45) is 0 Å². The summed E-state index contributed by atoms with van der Waals surface area (Å²) in [6, 6.07) is -0.553. The smallest absolute Gasteiger partial charge is 0.305 e. The number of allylic oxidation sites excluding steroid dienone is 6. The highest BCUT2D eigenvalue weighted by atomic mass is 16.5. The Balaban J connectivity index is 3.44. The van der Waals surface area contributed by atoms with E-state index in [0.717, 1.165) is 64.2 Å². The van der Waals surface area contributed by atoms with E-state index in [1.165, 1.54) is 283 Å². The van der Waals surface area contributed by atoms with Gasteiger partial charge in [0.2, 0.25) is 5.91 Å². The van der Waals surface area contributed by atoms with Crippen molar-refractivity contribution in [2.75, 3.05) is 13.2 Å². The number of amides is 1. The standard InChI is InChI=1S/C71H135NO5/c1-3-5-7-9-11-13-15-17-19-21-23-24-25-26-27-29-31-35-39-43-47-51-55-59-63-69(74)68(67-73)72-70(75)64-60-56-52-48-44-40-36-32-30-34-38-42-46-50-54-58-62-66-77-71(76)65-61-57-53-49-45-41-37-33-28-22-20-18-16-14-12-10-8-6-4-2/h12,14,18,20,30,34,68-69,73-74H,3-11,13,15-17,19,21-29,31-33,35-67H2,1-2H3,(H,72,75)/b14-12-,20-18-,34-30-. The van der Waals surface area contributed by atoms with Gasteiger partial charge in [-0.3, -0.25) is 9.59 Å². The summed E-state index contributed by atoms with van der Waals surface area (Å²) in [5, 5.41) is 23.4. The second-order valence-corrected chi connectivity index (χ2v) is 23.9. The number of hydrogen-bond donors (Lipinski definition) is 3. The molecule has 6 heteroatoms. The molecule has 0 aliphatic heterocycles. The molecule has 0 aliphatic rings. The molecule has 0 saturated carbocycles. The number of esters is 1. The Hall–Kier alpha value is -1.92. The van der Waals surface area contributed by atoms with Crippen LogP contribution in [0.1, 0.15) is 380 Å². The largest absolute Gasteiger partial charge is 0.466 e. The molecule has 0 fully saturated rings. The van der Waals surface area contributed by atoms with E-state index in [-0.39, 0.29) is 18.5 Å². The van der Waals surface area contributed by atoms with Crippen molar-refractivity contribution in [3.05, 3.63) is 36.5 Å². The van der Waals surface area contributed by atoms with Gasteiger partial charge in [-0.05, 0) is 83.5 Å². The number of aliphatic hydroxyl groups is 2. The number of ether oxygens (including phenoxy) is 1. The fourth-order valence-corrected chi connectivity index (χ4v) is 10.8. The van der Waals surface area contributed by atoms with Gasteiger partial charge in [0.25, 0.3) is 0 Å². The van der Waals surface area contributed by atoms with Gasteiger partial charge in [0.1, 0.15) is 0 Å². The highest BCUT2D eigenvalue weighted by molar-refractivity contribution is 5.76. The fraction of sp³-hybridized carbons (Fsp3) is 0.887. The van der Waals surface area contributed by atoms with E-state index in [1.807, 2.05) is 0 Å². The number of carbonyl (C=O) groups excluding carboxylic acids is 2. The molecule has 0 heterocycles. The summed E-state index contributed by atoms with van der Waals surface area (Å²) in [7, 11) is 0. The summed E-state index contributed by atoms with van der Waals surface area (Å²) < 4.78 is 5.49. The minimum atomic E-state index is -0.675. The number of unbranched alkanes of at least 4 members (excludes halogenated alkanes) is 48. The molecule has 0 aromatic rings. The van der Waals surface area contributed by atoms with Crippen molar-refractivity contribution < 1.29 is 24.5 Å². The summed E-state index contributed by atoms with van der Waals surface area (Å²) in [5.74, 6) is -0.0479. The predicted octanol–water partition coefficient (Wildman–Crippen LogP) is 22.3. The van der Waals surface area contributed by atoms with Gasteiger partial charge in [0.05, 0.1) is 25.4 Å². The molecule has 0 rings (SSSR count). The Morgan fingerprint density at radius 1 is 0.364 bits per heavy atom. The van der Waals surface area contributed by atoms with Gasteiger partial charge in [0.15, 0.2) is 0 Å². The van der Waals surface area contributed by atoms with Gasteiger partial charge >= 0.3 is 5.97 Å². The first-order chi connectivity index (χ1) is 38.0. The summed E-state index contributed by atoms with van der Waals surface area (Å²) in [6.45, 7) is 4.94. The van der Waals surface area contributed by atoms with Crippen molar-refractivity contribution in [2.45, 2.75) is 392 Å². The minimum absolute atomic E-state index is 0.00467. The van der Waals surface area contributed by atoms with Gasteiger partial charge in [0, 0.05) is 12.8 Å². The summed E-state index contributed by atoms with van der Waals surface area (Å²) >= 11 is 0. The number of nitrogens with one attached hydrogen (secondary N) is 1. The molecule has 77 heavy (non-hydrogen) atoms. The van der Waals surface area contributed by atoms with Crippen LogP contribution >= 0.6 is 0 Å². The van der Waals surface area contributed by atoms with Crippen LogP contribution in [0.4, 0.5) is 0 Å². The van der Waals surface area contributed by atoms with Crippen LogP contribution in [0.15, 0.2) is 36.5 Å². The van der Waals surface area contributed by atoms with Gasteiger partial charge in [-0.15, -0.1) is 0 Å². The molecule has 2 unspecified atom stereocenters. The number of rotatable bonds is 65. The zero-order chi connectivity index (χ0) is 55.7. The van der Waals surface area contributed by atoms with Crippen molar-refractivity contribution >= 4 is 11.9 Å². The molecule has 1 amide bonds. The average molecular weight is 1080 g/mol. The monoisotopic (exact) mass is 1080 g/mol. The average Bonchev–Trinajstić information content (AvgIpc) is 3.43. The van der Waals surface area contributed by atoms with Gasteiger partial charge in [-0.2, -0.15) is 0 Å². The highest BCUT2D eigenvalue weighted by Gasteiger charge is 2.20. The van der Waals surface area contributed by atoms with Crippen molar-refractivity contribution in [3.63, 3.8) is 0 Å². The fourth-order valence-electron chi connectivity index (χ4n) is 10.8. The van der Waals surface area contributed by atoms with E-state index < -0.39 is 12.1 Å². The molecule has 0 aliphatic carbocycles. The van der Waals surface area contributed by atoms with E-state index >= 15 is 0 Å². The van der Waals surface area contributed by atoms with Crippen molar-refractivity contribution in [3.8, 4) is 0 Å². The Morgan fingerprint density at radius 3 is 1.03 bits per heavy atom. The third-order valence-corrected chi connectivity index (χ3v) is 16.2. The first-order valence-corrected chi connectivity index (χ1v) is 34.7. The Bertz CT molecular complexity index is 1250. The van der Waals surface area contributed by atoms with E-state index in [9.17, 15) is 19.8 Å². The number of aliphatic hydroxyl groups excluding tert-OH is 2. The van der Waals surface area contributed by atoms with Gasteiger partial charge in [-0.25, -0.2) is 0 Å². The lowest BCUT2D eigenvalue weighted by atomic mass is 10.0. The van der Waals surface area contributed by atoms with E-state index in [2.05, 4.69) is 55.6 Å². The molecule has 6 nitrogen and oxygen atoms in total. The third-order valence-electron chi connectivity index (χ3n) is 16.2. The second-order valence-electron chi connectivity index (χ2n) is 23.9. The SMILES string of the molecule is CCCCC/C=C\C/C=C\CCCCCCCCCCCC(=O)OCCCCCCCC/C=C\CCCCCCCCCC(=O)NC(CO)C(O)CCCCCCCCCCCCCCCCCCCCCCCCCC. The Kier molecular flexibility index (Phi) is 64.9. The van der Waals surface area contributed by atoms with Crippen LogP contribution in [0.5, 0.6) is 0 Å². The molecular weight excluding hydrogens is 947 g/mol. The lowest BCUT2D eigenvalue weighted by Gasteiger charge is -2.22. The molecule has 0 aromatic carbocycles. The van der Waals surface area contributed by atoms with Crippen LogP contribution in [-0.4, -0.2) is 47.4 Å². The molecular formula is C71H135NO5. The van der Waals surface area contributed by atoms with E-state index in [1.54, 1.807) is 0 Å². The highest BCUT2D eigenvalue weighted by Crippen LogP contribution is 2.18. The van der Waals surface area contributed by atoms with Gasteiger partial charge in [-0.1, -0.05) is 320 Å². The topological polar surface area (TPSA) is 95.9 Å². The maximum atomic E-state index is 12.5. The second kappa shape index (κ2) is 66.6. The first kappa shape index (κ1) is 75.1. The third kappa shape index (κ3) is 63.1. The minimum Gasteiger partial charge on any atom is -0.466 e. The molecule has 2 atom stereocenters. The van der Waals surface area contributed by atoms with Crippen molar-refractivity contribution in [1.29, 1.82) is 0 Å². The maximum absolute atomic E-state index is 12.5. The molecule has 0 spiro atoms. The zero-order valence-corrected chi connectivity index (χ0v) is 52.0. The molecule has 0 saturated heterocycles. The molecule has 0 bridgehead atoms. The lowest BCUT2D eigenvalue weighted by molar-refractivity contribution is -0.143. The molecule has 3 N–H and O–H groups in total. The summed E-state index contributed by atoms with van der Waals surface area (Å²) in [4.78, 5) is 24.7. The van der Waals surface area contributed by atoms with Crippen LogP contribution < -0.4 is 5.32 Å². The number of hydrogen-bond acceptors (Lipinski definition) is 5. The molecule has 454 valence electrons. The molecule has 0 aromatic heterocycles. The normalized spacial score (nSPS) is 12.7. The Morgan fingerprint density at radius 2 is 0.649 bits per heavy atom. The van der Waals surface area contributed by atoms with Crippen LogP contribution in [0.3, 0.4) is 0 Å². The summed E-state index contributed by atoms with van der Waals surface area (Å²) in [5.41, 5.74) is 0. The Labute approximate surface area is 481 Å². The first-order valence-electron chi connectivity index (χ1n) is 34.7. The zero-order valence-electron chi connectivity index (χ0n) is 52.0. The van der Waals surface area contributed by atoms with E-state index in [4.69, 9.17) is 4.74 Å². The van der Waals surface area contributed by atoms with Crippen molar-refractivity contribution in [1.82, 2.24) is 5.32 Å². The summed E-state index contributed by atoms with van der Waals surface area (Å²) in [6.07, 6.45) is 84.6. The quantitative estimate of drug-likeness (QED) is 0.0320. The predicted molar refractivity (Wildman–Crippen MR) is 338 cm³/mol. The van der Waals surface area contributed by atoms with Crippen LogP contribution in [0, 0.1) is 0 Å². The number of carbonyl (C=O) groups is 2. The van der Waals surface area contributed by atoms with Crippen LogP contribution in [0.25, 0.3) is 0 Å². The van der Waals surface area contributed by atoms with E-state index in [0.29, 0.717) is 25.9 Å². The molecule has 0 radical (unpaired) electrons. The van der Waals surface area contributed by atoms with Gasteiger partial charge < -0.3 is 20.3 Å².